The molecule has 1 amide bonds. The van der Waals surface area contributed by atoms with Crippen LogP contribution in [0.5, 0.6) is 0 Å². The van der Waals surface area contributed by atoms with Gasteiger partial charge in [0, 0.05) is 9.40 Å². The smallest absolute Gasteiger partial charge is 0.326 e. The van der Waals surface area contributed by atoms with Crippen molar-refractivity contribution in [2.45, 2.75) is 12.5 Å². The van der Waals surface area contributed by atoms with E-state index in [4.69, 9.17) is 10.2 Å². The van der Waals surface area contributed by atoms with Crippen molar-refractivity contribution in [2.24, 2.45) is 0 Å². The Labute approximate surface area is 115 Å². The largest absolute Gasteiger partial charge is 0.481 e. The molecule has 0 saturated heterocycles. The Balaban J connectivity index is 2.12. The predicted molar refractivity (Wildman–Crippen MR) is 70.8 cm³/mol. The van der Waals surface area contributed by atoms with Gasteiger partial charge in [0.25, 0.3) is 5.91 Å². The van der Waals surface area contributed by atoms with Crippen LogP contribution in [0.25, 0.3) is 9.40 Å². The zero-order chi connectivity index (χ0) is 14.0. The van der Waals surface area contributed by atoms with Crippen LogP contribution < -0.4 is 5.32 Å². The van der Waals surface area contributed by atoms with Gasteiger partial charge in [0.2, 0.25) is 0 Å². The highest BCUT2D eigenvalue weighted by molar-refractivity contribution is 7.27. The summed E-state index contributed by atoms with van der Waals surface area (Å²) in [6.45, 7) is 0. The van der Waals surface area contributed by atoms with Crippen LogP contribution in [-0.4, -0.2) is 34.1 Å². The number of hydrogen-bond acceptors (Lipinski definition) is 5. The van der Waals surface area contributed by atoms with E-state index >= 15 is 0 Å². The second-order valence-electron chi connectivity index (χ2n) is 3.72. The minimum Gasteiger partial charge on any atom is -0.481 e. The normalized spacial score (nSPS) is 12.2. The van der Waals surface area contributed by atoms with Crippen molar-refractivity contribution in [2.75, 3.05) is 0 Å². The van der Waals surface area contributed by atoms with E-state index < -0.39 is 30.3 Å². The van der Waals surface area contributed by atoms with Gasteiger partial charge >= 0.3 is 11.9 Å². The van der Waals surface area contributed by atoms with Crippen molar-refractivity contribution < 1.29 is 24.6 Å². The Morgan fingerprint density at radius 2 is 2.00 bits per heavy atom. The molecular weight excluding hydrogens is 290 g/mol. The molecule has 0 aliphatic heterocycles. The molecule has 100 valence electrons. The Kier molecular flexibility index (Phi) is 3.82. The highest BCUT2D eigenvalue weighted by atomic mass is 32.1. The molecule has 6 nitrogen and oxygen atoms in total. The predicted octanol–water partition coefficient (Wildman–Crippen LogP) is 1.62. The third kappa shape index (κ3) is 3.09. The van der Waals surface area contributed by atoms with Crippen LogP contribution in [0.15, 0.2) is 17.5 Å². The van der Waals surface area contributed by atoms with Crippen molar-refractivity contribution in [3.63, 3.8) is 0 Å². The summed E-state index contributed by atoms with van der Waals surface area (Å²) < 4.78 is 1.89. The van der Waals surface area contributed by atoms with Gasteiger partial charge in [-0.05, 0) is 17.5 Å². The zero-order valence-corrected chi connectivity index (χ0v) is 11.1. The molecule has 2 rings (SSSR count). The highest BCUT2D eigenvalue weighted by Gasteiger charge is 2.24. The van der Waals surface area contributed by atoms with E-state index in [1.165, 1.54) is 22.7 Å². The van der Waals surface area contributed by atoms with Crippen LogP contribution in [0.4, 0.5) is 0 Å². The van der Waals surface area contributed by atoms with Crippen molar-refractivity contribution >= 4 is 49.9 Å². The summed E-state index contributed by atoms with van der Waals surface area (Å²) >= 11 is 2.72. The van der Waals surface area contributed by atoms with Gasteiger partial charge < -0.3 is 15.5 Å². The van der Waals surface area contributed by atoms with Crippen molar-refractivity contribution in [3.05, 3.63) is 22.4 Å². The summed E-state index contributed by atoms with van der Waals surface area (Å²) in [5, 5.41) is 21.5. The van der Waals surface area contributed by atoms with E-state index in [9.17, 15) is 14.4 Å². The SMILES string of the molecule is O=C(O)C[C@H](NC(=O)c1cc2sccc2s1)C(=O)O. The van der Waals surface area contributed by atoms with E-state index in [1.807, 2.05) is 11.4 Å². The van der Waals surface area contributed by atoms with Gasteiger partial charge in [-0.2, -0.15) is 0 Å². The summed E-state index contributed by atoms with van der Waals surface area (Å²) in [6.07, 6.45) is -0.652. The van der Waals surface area contributed by atoms with Crippen LogP contribution in [0.3, 0.4) is 0 Å². The molecule has 0 fully saturated rings. The quantitative estimate of drug-likeness (QED) is 0.778. The molecule has 1 atom stereocenters. The number of rotatable bonds is 5. The first-order valence-electron chi connectivity index (χ1n) is 5.20. The average molecular weight is 299 g/mol. The number of amides is 1. The minimum atomic E-state index is -1.43. The van der Waals surface area contributed by atoms with Gasteiger partial charge in [-0.3, -0.25) is 9.59 Å². The fourth-order valence-corrected chi connectivity index (χ4v) is 3.49. The first-order chi connectivity index (χ1) is 8.97. The maximum absolute atomic E-state index is 11.9. The number of thiophene rings is 2. The molecule has 2 aromatic heterocycles. The topological polar surface area (TPSA) is 104 Å². The van der Waals surface area contributed by atoms with Crippen LogP contribution in [0.1, 0.15) is 16.1 Å². The lowest BCUT2D eigenvalue weighted by molar-refractivity contribution is -0.145. The van der Waals surface area contributed by atoms with E-state index in [-0.39, 0.29) is 0 Å². The number of aliphatic carboxylic acids is 2. The van der Waals surface area contributed by atoms with E-state index in [0.717, 1.165) is 9.40 Å². The van der Waals surface area contributed by atoms with Crippen molar-refractivity contribution in [1.29, 1.82) is 0 Å². The highest BCUT2D eigenvalue weighted by Crippen LogP contribution is 2.29. The number of nitrogens with one attached hydrogen (secondary N) is 1. The lowest BCUT2D eigenvalue weighted by Crippen LogP contribution is -2.41. The average Bonchev–Trinajstić information content (AvgIpc) is 2.86. The first kappa shape index (κ1) is 13.5. The standard InChI is InChI=1S/C11H9NO5S2/c13-9(14)3-5(11(16)17)12-10(15)8-4-7-6(19-8)1-2-18-7/h1-2,4-5H,3H2,(H,12,15)(H,13,14)(H,16,17)/t5-/m0/s1. The molecule has 0 unspecified atom stereocenters. The molecule has 3 N–H and O–H groups in total. The Morgan fingerprint density at radius 1 is 1.26 bits per heavy atom. The molecule has 0 radical (unpaired) electrons. The molecule has 8 heteroatoms. The fraction of sp³-hybridized carbons (Fsp3) is 0.182. The lowest BCUT2D eigenvalue weighted by atomic mass is 10.2. The molecule has 19 heavy (non-hydrogen) atoms. The first-order valence-corrected chi connectivity index (χ1v) is 6.89. The van der Waals surface area contributed by atoms with Crippen LogP contribution in [0, 0.1) is 0 Å². The Bertz CT molecular complexity index is 616. The fourth-order valence-electron chi connectivity index (χ4n) is 1.48. The second-order valence-corrected chi connectivity index (χ2v) is 5.75. The van der Waals surface area contributed by atoms with E-state index in [1.54, 1.807) is 6.07 Å². The molecule has 0 bridgehead atoms. The monoisotopic (exact) mass is 299 g/mol. The van der Waals surface area contributed by atoms with Crippen molar-refractivity contribution in [1.82, 2.24) is 5.32 Å². The Morgan fingerprint density at radius 3 is 2.58 bits per heavy atom. The number of hydrogen-bond donors (Lipinski definition) is 3. The molecule has 0 aliphatic rings. The van der Waals surface area contributed by atoms with Gasteiger partial charge in [0.05, 0.1) is 11.3 Å². The van der Waals surface area contributed by atoms with E-state index in [2.05, 4.69) is 5.32 Å². The van der Waals surface area contributed by atoms with Gasteiger partial charge in [0.15, 0.2) is 0 Å². The number of carbonyl (C=O) groups is 3. The maximum atomic E-state index is 11.9. The summed E-state index contributed by atoms with van der Waals surface area (Å²) in [6, 6.07) is 2.11. The van der Waals surface area contributed by atoms with Crippen LogP contribution in [-0.2, 0) is 9.59 Å². The summed E-state index contributed by atoms with van der Waals surface area (Å²) in [7, 11) is 0. The molecule has 0 saturated carbocycles. The maximum Gasteiger partial charge on any atom is 0.326 e. The lowest BCUT2D eigenvalue weighted by Gasteiger charge is -2.11. The zero-order valence-electron chi connectivity index (χ0n) is 9.45. The van der Waals surface area contributed by atoms with Crippen LogP contribution >= 0.6 is 22.7 Å². The molecular formula is C11H9NO5S2. The van der Waals surface area contributed by atoms with Gasteiger partial charge in [-0.25, -0.2) is 4.79 Å². The van der Waals surface area contributed by atoms with Gasteiger partial charge in [-0.15, -0.1) is 22.7 Å². The molecule has 2 aromatic rings. The molecule has 0 spiro atoms. The number of carboxylic acids is 2. The minimum absolute atomic E-state index is 0.374. The number of carbonyl (C=O) groups excluding carboxylic acids is 1. The molecule has 0 aromatic carbocycles. The van der Waals surface area contributed by atoms with Crippen molar-refractivity contribution in [3.8, 4) is 0 Å². The van der Waals surface area contributed by atoms with E-state index in [0.29, 0.717) is 4.88 Å². The number of carboxylic acid groups (broad SMARTS) is 2. The second kappa shape index (κ2) is 5.37. The van der Waals surface area contributed by atoms with Gasteiger partial charge in [-0.1, -0.05) is 0 Å². The Hall–Kier alpha value is -1.93. The molecule has 0 aliphatic carbocycles. The molecule has 2 heterocycles. The summed E-state index contributed by atoms with van der Waals surface area (Å²) in [4.78, 5) is 33.6. The summed E-state index contributed by atoms with van der Waals surface area (Å²) in [5.41, 5.74) is 0. The van der Waals surface area contributed by atoms with Crippen LogP contribution in [0.2, 0.25) is 0 Å². The third-order valence-corrected chi connectivity index (χ3v) is 4.44. The third-order valence-electron chi connectivity index (χ3n) is 2.35. The van der Waals surface area contributed by atoms with Gasteiger partial charge in [0.1, 0.15) is 6.04 Å². The summed E-state index contributed by atoms with van der Waals surface area (Å²) in [5.74, 6) is -3.21. The number of fused-ring (bicyclic) bond motifs is 1.